The standard InChI is InChI=1S/C25H18Cl2N2O4S/c1-15(32-18-9-6-8-17(26)13-18)24(30)29-28-14-16-7-2-4-11-20(16)33-25(31)23-22(27)19-10-3-5-12-21(19)34-23/h2-15H,1H3,(H,29,30)/b28-14-/t15-/m0/s1. The maximum absolute atomic E-state index is 12.8. The summed E-state index contributed by atoms with van der Waals surface area (Å²) in [7, 11) is 0. The molecule has 4 rings (SSSR count). The van der Waals surface area contributed by atoms with Gasteiger partial charge in [0.15, 0.2) is 6.10 Å². The molecular weight excluding hydrogens is 495 g/mol. The first-order valence-corrected chi connectivity index (χ1v) is 11.7. The van der Waals surface area contributed by atoms with Gasteiger partial charge in [0.1, 0.15) is 16.4 Å². The van der Waals surface area contributed by atoms with Crippen molar-refractivity contribution in [2.75, 3.05) is 0 Å². The number of rotatable bonds is 7. The summed E-state index contributed by atoms with van der Waals surface area (Å²) >= 11 is 13.6. The molecule has 0 aliphatic heterocycles. The Morgan fingerprint density at radius 2 is 1.79 bits per heavy atom. The van der Waals surface area contributed by atoms with Crippen LogP contribution in [0.4, 0.5) is 0 Å². The lowest BCUT2D eigenvalue weighted by atomic mass is 10.2. The number of nitrogens with one attached hydrogen (secondary N) is 1. The molecule has 0 aliphatic rings. The van der Waals surface area contributed by atoms with E-state index in [9.17, 15) is 9.59 Å². The molecule has 0 aliphatic carbocycles. The van der Waals surface area contributed by atoms with Gasteiger partial charge < -0.3 is 9.47 Å². The highest BCUT2D eigenvalue weighted by atomic mass is 35.5. The van der Waals surface area contributed by atoms with Crippen LogP contribution >= 0.6 is 34.5 Å². The van der Waals surface area contributed by atoms with Crippen LogP contribution in [-0.2, 0) is 4.79 Å². The largest absolute Gasteiger partial charge is 0.481 e. The van der Waals surface area contributed by atoms with E-state index < -0.39 is 18.0 Å². The maximum Gasteiger partial charge on any atom is 0.355 e. The van der Waals surface area contributed by atoms with E-state index in [4.69, 9.17) is 32.7 Å². The number of hydrogen-bond donors (Lipinski definition) is 1. The van der Waals surface area contributed by atoms with Crippen LogP contribution in [0.2, 0.25) is 10.0 Å². The highest BCUT2D eigenvalue weighted by Crippen LogP contribution is 2.36. The molecule has 0 saturated heterocycles. The Hall–Kier alpha value is -3.39. The summed E-state index contributed by atoms with van der Waals surface area (Å²) in [5.41, 5.74) is 2.91. The van der Waals surface area contributed by atoms with Crippen molar-refractivity contribution in [1.29, 1.82) is 0 Å². The Labute approximate surface area is 209 Å². The number of carbonyl (C=O) groups excluding carboxylic acids is 2. The van der Waals surface area contributed by atoms with Gasteiger partial charge in [-0.3, -0.25) is 4.79 Å². The fraction of sp³-hybridized carbons (Fsp3) is 0.0800. The van der Waals surface area contributed by atoms with Crippen LogP contribution in [0.15, 0.2) is 77.9 Å². The topological polar surface area (TPSA) is 77.0 Å². The molecule has 0 spiro atoms. The molecule has 1 amide bonds. The minimum Gasteiger partial charge on any atom is -0.481 e. The number of hydrogen-bond acceptors (Lipinski definition) is 6. The second-order valence-electron chi connectivity index (χ2n) is 7.12. The number of ether oxygens (including phenoxy) is 2. The molecule has 1 atom stereocenters. The first kappa shape index (κ1) is 23.8. The zero-order valence-corrected chi connectivity index (χ0v) is 20.2. The third kappa shape index (κ3) is 5.56. The molecule has 0 unspecified atom stereocenters. The maximum atomic E-state index is 12.8. The van der Waals surface area contributed by atoms with Gasteiger partial charge in [0.05, 0.1) is 11.2 Å². The molecular formula is C25H18Cl2N2O4S. The smallest absolute Gasteiger partial charge is 0.355 e. The van der Waals surface area contributed by atoms with Gasteiger partial charge in [-0.1, -0.05) is 59.6 Å². The van der Waals surface area contributed by atoms with Gasteiger partial charge >= 0.3 is 5.97 Å². The van der Waals surface area contributed by atoms with Crippen LogP contribution in [0.3, 0.4) is 0 Å². The number of halogens is 2. The SMILES string of the molecule is C[C@H](Oc1cccc(Cl)c1)C(=O)N/N=C\c1ccccc1OC(=O)c1sc2ccccc2c1Cl. The molecule has 4 aromatic rings. The van der Waals surface area contributed by atoms with Crippen LogP contribution in [0.1, 0.15) is 22.2 Å². The number of hydrazone groups is 1. The van der Waals surface area contributed by atoms with Crippen LogP contribution < -0.4 is 14.9 Å². The molecule has 0 bridgehead atoms. The van der Waals surface area contributed by atoms with Crippen LogP contribution in [0.5, 0.6) is 11.5 Å². The van der Waals surface area contributed by atoms with E-state index in [2.05, 4.69) is 10.5 Å². The lowest BCUT2D eigenvalue weighted by molar-refractivity contribution is -0.127. The van der Waals surface area contributed by atoms with E-state index in [0.29, 0.717) is 26.2 Å². The average Bonchev–Trinajstić information content (AvgIpc) is 3.17. The number of nitrogens with zero attached hydrogens (tertiary/aromatic N) is 1. The predicted molar refractivity (Wildman–Crippen MR) is 136 cm³/mol. The van der Waals surface area contributed by atoms with Crippen LogP contribution in [0, 0.1) is 0 Å². The molecule has 3 aromatic carbocycles. The molecule has 0 fully saturated rings. The Balaban J connectivity index is 1.42. The summed E-state index contributed by atoms with van der Waals surface area (Å²) in [6.07, 6.45) is 0.581. The van der Waals surface area contributed by atoms with Crippen LogP contribution in [-0.4, -0.2) is 24.2 Å². The Kier molecular flexibility index (Phi) is 7.47. The molecule has 0 radical (unpaired) electrons. The minimum absolute atomic E-state index is 0.280. The molecule has 1 heterocycles. The van der Waals surface area contributed by atoms with Gasteiger partial charge in [-0.25, -0.2) is 10.2 Å². The van der Waals surface area contributed by atoms with Crippen molar-refractivity contribution >= 4 is 62.7 Å². The lowest BCUT2D eigenvalue weighted by Crippen LogP contribution is -2.33. The molecule has 1 N–H and O–H groups in total. The number of carbonyl (C=O) groups is 2. The number of para-hydroxylation sites is 1. The first-order valence-electron chi connectivity index (χ1n) is 10.2. The van der Waals surface area contributed by atoms with E-state index in [0.717, 1.165) is 10.1 Å². The predicted octanol–water partition coefficient (Wildman–Crippen LogP) is 6.34. The Morgan fingerprint density at radius 1 is 1.03 bits per heavy atom. The van der Waals surface area contributed by atoms with Gasteiger partial charge in [-0.2, -0.15) is 5.10 Å². The zero-order chi connectivity index (χ0) is 24.1. The molecule has 0 saturated carbocycles. The summed E-state index contributed by atoms with van der Waals surface area (Å²) in [4.78, 5) is 25.4. The van der Waals surface area contributed by atoms with Crippen molar-refractivity contribution in [2.45, 2.75) is 13.0 Å². The Bertz CT molecular complexity index is 1390. The number of thiophene rings is 1. The first-order chi connectivity index (χ1) is 16.4. The van der Waals surface area contributed by atoms with Gasteiger partial charge in [-0.05, 0) is 43.3 Å². The van der Waals surface area contributed by atoms with Crippen molar-refractivity contribution in [3.63, 3.8) is 0 Å². The number of esters is 1. The van der Waals surface area contributed by atoms with E-state index >= 15 is 0 Å². The number of benzene rings is 3. The second kappa shape index (κ2) is 10.7. The van der Waals surface area contributed by atoms with Crippen molar-refractivity contribution in [2.24, 2.45) is 5.10 Å². The quantitative estimate of drug-likeness (QED) is 0.135. The molecule has 6 nitrogen and oxygen atoms in total. The van der Waals surface area contributed by atoms with Gasteiger partial charge in [0.25, 0.3) is 5.91 Å². The fourth-order valence-electron chi connectivity index (χ4n) is 3.03. The van der Waals surface area contributed by atoms with Crippen molar-refractivity contribution in [1.82, 2.24) is 5.43 Å². The molecule has 34 heavy (non-hydrogen) atoms. The van der Waals surface area contributed by atoms with E-state index in [-0.39, 0.29) is 5.75 Å². The van der Waals surface area contributed by atoms with Crippen molar-refractivity contribution < 1.29 is 19.1 Å². The van der Waals surface area contributed by atoms with E-state index in [1.54, 1.807) is 55.5 Å². The second-order valence-corrected chi connectivity index (χ2v) is 8.99. The van der Waals surface area contributed by atoms with Crippen molar-refractivity contribution in [3.8, 4) is 11.5 Å². The number of amides is 1. The van der Waals surface area contributed by atoms with E-state index in [1.165, 1.54) is 17.6 Å². The van der Waals surface area contributed by atoms with Gasteiger partial charge in [-0.15, -0.1) is 11.3 Å². The summed E-state index contributed by atoms with van der Waals surface area (Å²) in [6, 6.07) is 21.1. The highest BCUT2D eigenvalue weighted by molar-refractivity contribution is 7.21. The molecule has 172 valence electrons. The third-order valence-electron chi connectivity index (χ3n) is 4.70. The zero-order valence-electron chi connectivity index (χ0n) is 17.8. The monoisotopic (exact) mass is 512 g/mol. The van der Waals surface area contributed by atoms with Crippen molar-refractivity contribution in [3.05, 3.63) is 93.3 Å². The normalized spacial score (nSPS) is 12.0. The van der Waals surface area contributed by atoms with Gasteiger partial charge in [0.2, 0.25) is 0 Å². The summed E-state index contributed by atoms with van der Waals surface area (Å²) in [5, 5.41) is 5.63. The average molecular weight is 513 g/mol. The lowest BCUT2D eigenvalue weighted by Gasteiger charge is -2.13. The minimum atomic E-state index is -0.807. The van der Waals surface area contributed by atoms with E-state index in [1.807, 2.05) is 24.3 Å². The fourth-order valence-corrected chi connectivity index (χ4v) is 4.59. The Morgan fingerprint density at radius 3 is 2.59 bits per heavy atom. The van der Waals surface area contributed by atoms with Crippen LogP contribution in [0.25, 0.3) is 10.1 Å². The summed E-state index contributed by atoms with van der Waals surface area (Å²) in [6.45, 7) is 1.59. The molecule has 1 aromatic heterocycles. The number of fused-ring (bicyclic) bond motifs is 1. The summed E-state index contributed by atoms with van der Waals surface area (Å²) in [5.74, 6) is -0.277. The summed E-state index contributed by atoms with van der Waals surface area (Å²) < 4.78 is 12.0. The molecule has 9 heteroatoms. The highest BCUT2D eigenvalue weighted by Gasteiger charge is 2.20. The third-order valence-corrected chi connectivity index (χ3v) is 6.59. The van der Waals surface area contributed by atoms with Gasteiger partial charge in [0, 0.05) is 20.7 Å².